The average Bonchev–Trinajstić information content (AvgIpc) is 2.66. The van der Waals surface area contributed by atoms with E-state index in [-0.39, 0.29) is 6.03 Å². The van der Waals surface area contributed by atoms with E-state index in [1.54, 1.807) is 6.92 Å². The van der Waals surface area contributed by atoms with Crippen LogP contribution in [-0.4, -0.2) is 18.6 Å². The molecule has 2 amide bonds. The van der Waals surface area contributed by atoms with E-state index in [0.29, 0.717) is 23.6 Å². The van der Waals surface area contributed by atoms with Crippen molar-refractivity contribution < 1.29 is 19.1 Å². The van der Waals surface area contributed by atoms with Crippen LogP contribution in [0.3, 0.4) is 0 Å². The average molecular weight is 380 g/mol. The van der Waals surface area contributed by atoms with Gasteiger partial charge in [-0.25, -0.2) is 9.59 Å². The molecule has 1 aliphatic heterocycles. The van der Waals surface area contributed by atoms with Gasteiger partial charge in [-0.05, 0) is 55.7 Å². The smallest absolute Gasteiger partial charge is 0.338 e. The van der Waals surface area contributed by atoms with Crippen LogP contribution in [0.1, 0.15) is 37.4 Å². The van der Waals surface area contributed by atoms with Crippen LogP contribution in [-0.2, 0) is 9.53 Å². The van der Waals surface area contributed by atoms with Crippen molar-refractivity contribution in [1.29, 1.82) is 0 Å². The molecular weight excluding hydrogens is 356 g/mol. The summed E-state index contributed by atoms with van der Waals surface area (Å²) in [5.41, 5.74) is 2.78. The minimum absolute atomic E-state index is 0.333. The molecule has 0 aliphatic carbocycles. The van der Waals surface area contributed by atoms with Crippen LogP contribution in [0.15, 0.2) is 59.8 Å². The zero-order valence-corrected chi connectivity index (χ0v) is 16.2. The molecule has 0 spiro atoms. The van der Waals surface area contributed by atoms with E-state index in [0.717, 1.165) is 23.3 Å². The molecule has 2 N–H and O–H groups in total. The lowest BCUT2D eigenvalue weighted by Crippen LogP contribution is -2.45. The van der Waals surface area contributed by atoms with Crippen LogP contribution in [0.25, 0.3) is 0 Å². The molecule has 0 aromatic heterocycles. The number of carbonyl (C=O) groups excluding carboxylic acids is 2. The first-order chi connectivity index (χ1) is 13.5. The summed E-state index contributed by atoms with van der Waals surface area (Å²) in [7, 11) is 0. The molecule has 2 aromatic carbocycles. The van der Waals surface area contributed by atoms with E-state index >= 15 is 0 Å². The lowest BCUT2D eigenvalue weighted by molar-refractivity contribution is -0.139. The third-order valence-electron chi connectivity index (χ3n) is 4.37. The van der Waals surface area contributed by atoms with E-state index in [4.69, 9.17) is 9.47 Å². The standard InChI is InChI=1S/C22H24N2O4/c1-4-12-27-21(25)19-15(3)23-22(26)24-20(19)16-8-10-17(11-9-16)28-18-7-5-6-14(2)13-18/h5-11,13,20H,4,12H2,1-3H3,(H2,23,24,26). The summed E-state index contributed by atoms with van der Waals surface area (Å²) >= 11 is 0. The normalized spacial score (nSPS) is 16.2. The van der Waals surface area contributed by atoms with Crippen molar-refractivity contribution in [2.24, 2.45) is 0 Å². The Balaban J connectivity index is 1.83. The minimum Gasteiger partial charge on any atom is -0.462 e. The van der Waals surface area contributed by atoms with Gasteiger partial charge in [0.2, 0.25) is 0 Å². The molecule has 1 atom stereocenters. The molecule has 6 nitrogen and oxygen atoms in total. The molecule has 0 fully saturated rings. The van der Waals surface area contributed by atoms with Gasteiger partial charge in [0.05, 0.1) is 18.2 Å². The van der Waals surface area contributed by atoms with E-state index < -0.39 is 12.0 Å². The Bertz CT molecular complexity index is 903. The number of hydrogen-bond acceptors (Lipinski definition) is 4. The predicted molar refractivity (Wildman–Crippen MR) is 106 cm³/mol. The topological polar surface area (TPSA) is 76.7 Å². The summed E-state index contributed by atoms with van der Waals surface area (Å²) in [4.78, 5) is 24.4. The van der Waals surface area contributed by atoms with Crippen LogP contribution in [0.2, 0.25) is 0 Å². The monoisotopic (exact) mass is 380 g/mol. The lowest BCUT2D eigenvalue weighted by Gasteiger charge is -2.28. The molecule has 28 heavy (non-hydrogen) atoms. The van der Waals surface area contributed by atoms with Crippen molar-refractivity contribution in [3.8, 4) is 11.5 Å². The van der Waals surface area contributed by atoms with Gasteiger partial charge in [-0.3, -0.25) is 0 Å². The van der Waals surface area contributed by atoms with Crippen molar-refractivity contribution in [2.45, 2.75) is 33.2 Å². The summed E-state index contributed by atoms with van der Waals surface area (Å²) in [6.45, 7) is 5.96. The number of hydrogen-bond donors (Lipinski definition) is 2. The molecule has 146 valence electrons. The molecule has 0 radical (unpaired) electrons. The van der Waals surface area contributed by atoms with Gasteiger partial charge in [-0.2, -0.15) is 0 Å². The Kier molecular flexibility index (Phi) is 5.99. The maximum Gasteiger partial charge on any atom is 0.338 e. The Morgan fingerprint density at radius 1 is 1.07 bits per heavy atom. The molecule has 6 heteroatoms. The number of esters is 1. The second-order valence-corrected chi connectivity index (χ2v) is 6.69. The molecular formula is C22H24N2O4. The number of aryl methyl sites for hydroxylation is 1. The summed E-state index contributed by atoms with van der Waals surface area (Å²) in [6, 6.07) is 14.2. The summed E-state index contributed by atoms with van der Waals surface area (Å²) < 4.78 is 11.2. The molecule has 0 saturated heterocycles. The largest absolute Gasteiger partial charge is 0.462 e. The van der Waals surface area contributed by atoms with Gasteiger partial charge in [0, 0.05) is 5.70 Å². The van der Waals surface area contributed by atoms with Gasteiger partial charge in [0.25, 0.3) is 0 Å². The molecule has 2 aromatic rings. The van der Waals surface area contributed by atoms with Crippen molar-refractivity contribution >= 4 is 12.0 Å². The molecule has 1 aliphatic rings. The summed E-state index contributed by atoms with van der Waals surface area (Å²) in [5.74, 6) is 0.991. The van der Waals surface area contributed by atoms with Gasteiger partial charge in [-0.15, -0.1) is 0 Å². The summed E-state index contributed by atoms with van der Waals surface area (Å²) in [5, 5.41) is 5.44. The van der Waals surface area contributed by atoms with Crippen LogP contribution >= 0.6 is 0 Å². The Labute approximate surface area is 164 Å². The Morgan fingerprint density at radius 2 is 1.82 bits per heavy atom. The van der Waals surface area contributed by atoms with Crippen molar-refractivity contribution in [3.05, 3.63) is 70.9 Å². The Morgan fingerprint density at radius 3 is 2.50 bits per heavy atom. The van der Waals surface area contributed by atoms with Gasteiger partial charge >= 0.3 is 12.0 Å². The van der Waals surface area contributed by atoms with E-state index in [1.807, 2.05) is 62.4 Å². The van der Waals surface area contributed by atoms with Crippen LogP contribution in [0.4, 0.5) is 4.79 Å². The maximum atomic E-state index is 12.5. The van der Waals surface area contributed by atoms with Crippen LogP contribution < -0.4 is 15.4 Å². The second-order valence-electron chi connectivity index (χ2n) is 6.69. The van der Waals surface area contributed by atoms with Crippen molar-refractivity contribution in [1.82, 2.24) is 10.6 Å². The highest BCUT2D eigenvalue weighted by molar-refractivity contribution is 5.95. The number of benzene rings is 2. The first-order valence-corrected chi connectivity index (χ1v) is 9.28. The number of nitrogens with one attached hydrogen (secondary N) is 2. The number of carbonyl (C=O) groups is 2. The summed E-state index contributed by atoms with van der Waals surface area (Å²) in [6.07, 6.45) is 0.730. The second kappa shape index (κ2) is 8.61. The number of amides is 2. The van der Waals surface area contributed by atoms with Gasteiger partial charge in [0.1, 0.15) is 11.5 Å². The fraction of sp³-hybridized carbons (Fsp3) is 0.273. The van der Waals surface area contributed by atoms with E-state index in [2.05, 4.69) is 10.6 Å². The number of rotatable bonds is 6. The third-order valence-corrected chi connectivity index (χ3v) is 4.37. The first-order valence-electron chi connectivity index (χ1n) is 9.28. The van der Waals surface area contributed by atoms with Gasteiger partial charge < -0.3 is 20.1 Å². The highest BCUT2D eigenvalue weighted by Crippen LogP contribution is 2.30. The minimum atomic E-state index is -0.578. The molecule has 1 unspecified atom stereocenters. The number of urea groups is 1. The fourth-order valence-corrected chi connectivity index (χ4v) is 3.03. The van der Waals surface area contributed by atoms with E-state index in [9.17, 15) is 9.59 Å². The quantitative estimate of drug-likeness (QED) is 0.730. The Hall–Kier alpha value is -3.28. The van der Waals surface area contributed by atoms with Crippen molar-refractivity contribution in [3.63, 3.8) is 0 Å². The van der Waals surface area contributed by atoms with E-state index in [1.165, 1.54) is 0 Å². The zero-order chi connectivity index (χ0) is 20.1. The number of allylic oxidation sites excluding steroid dienone is 1. The van der Waals surface area contributed by atoms with Gasteiger partial charge in [-0.1, -0.05) is 31.2 Å². The molecule has 1 heterocycles. The predicted octanol–water partition coefficient (Wildman–Crippen LogP) is 4.37. The van der Waals surface area contributed by atoms with Gasteiger partial charge in [0.15, 0.2) is 0 Å². The molecule has 0 saturated carbocycles. The van der Waals surface area contributed by atoms with Crippen LogP contribution in [0.5, 0.6) is 11.5 Å². The number of ether oxygens (including phenoxy) is 2. The van der Waals surface area contributed by atoms with Crippen LogP contribution in [0, 0.1) is 6.92 Å². The third kappa shape index (κ3) is 4.52. The highest BCUT2D eigenvalue weighted by atomic mass is 16.5. The lowest BCUT2D eigenvalue weighted by atomic mass is 9.95. The maximum absolute atomic E-state index is 12.5. The molecule has 0 bridgehead atoms. The first kappa shape index (κ1) is 19.5. The van der Waals surface area contributed by atoms with Crippen molar-refractivity contribution in [2.75, 3.05) is 6.61 Å². The molecule has 3 rings (SSSR count). The SMILES string of the molecule is CCCOC(=O)C1=C(C)NC(=O)NC1c1ccc(Oc2cccc(C)c2)cc1. The fourth-order valence-electron chi connectivity index (χ4n) is 3.03. The highest BCUT2D eigenvalue weighted by Gasteiger charge is 2.32. The zero-order valence-electron chi connectivity index (χ0n) is 16.2.